The molecule has 0 unspecified atom stereocenters. The number of anilines is 2. The zero-order chi connectivity index (χ0) is 13.0. The average molecular weight is 326 g/mol. The van der Waals surface area contributed by atoms with Gasteiger partial charge < -0.3 is 16.4 Å². The van der Waals surface area contributed by atoms with Gasteiger partial charge in [0, 0.05) is 20.7 Å². The second-order valence-corrected chi connectivity index (χ2v) is 5.48. The maximum atomic E-state index is 11.6. The van der Waals surface area contributed by atoms with Crippen LogP contribution in [-0.4, -0.2) is 6.03 Å². The predicted octanol–water partition coefficient (Wildman–Crippen LogP) is 3.41. The molecular formula is C12H12BrN3OS. The van der Waals surface area contributed by atoms with Crippen molar-refractivity contribution < 1.29 is 4.79 Å². The van der Waals surface area contributed by atoms with Crippen LogP contribution in [-0.2, 0) is 6.54 Å². The minimum absolute atomic E-state index is 0.236. The van der Waals surface area contributed by atoms with E-state index in [1.165, 1.54) is 0 Å². The van der Waals surface area contributed by atoms with Gasteiger partial charge in [-0.3, -0.25) is 0 Å². The van der Waals surface area contributed by atoms with E-state index in [-0.39, 0.29) is 6.03 Å². The van der Waals surface area contributed by atoms with Crippen LogP contribution in [0.5, 0.6) is 0 Å². The third-order valence-corrected chi connectivity index (χ3v) is 4.20. The minimum atomic E-state index is -0.236. The summed E-state index contributed by atoms with van der Waals surface area (Å²) < 4.78 is 1.01. The molecule has 6 heteroatoms. The summed E-state index contributed by atoms with van der Waals surface area (Å²) in [5.74, 6) is 0. The van der Waals surface area contributed by atoms with E-state index in [0.29, 0.717) is 17.9 Å². The Morgan fingerprint density at radius 3 is 2.61 bits per heavy atom. The van der Waals surface area contributed by atoms with Crippen molar-refractivity contribution in [1.82, 2.24) is 5.32 Å². The first-order valence-electron chi connectivity index (χ1n) is 5.27. The number of thiophene rings is 1. The fraction of sp³-hybridized carbons (Fsp3) is 0.0833. The number of rotatable bonds is 3. The Morgan fingerprint density at radius 1 is 1.28 bits per heavy atom. The van der Waals surface area contributed by atoms with E-state index < -0.39 is 0 Å². The molecule has 4 N–H and O–H groups in total. The zero-order valence-electron chi connectivity index (χ0n) is 9.44. The van der Waals surface area contributed by atoms with Gasteiger partial charge in [0.05, 0.1) is 6.54 Å². The molecule has 1 aromatic carbocycles. The first-order valence-corrected chi connectivity index (χ1v) is 6.94. The lowest BCUT2D eigenvalue weighted by molar-refractivity contribution is 0.252. The molecule has 0 aliphatic heterocycles. The molecule has 1 aromatic heterocycles. The zero-order valence-corrected chi connectivity index (χ0v) is 11.8. The highest BCUT2D eigenvalue weighted by molar-refractivity contribution is 9.10. The Morgan fingerprint density at radius 2 is 2.00 bits per heavy atom. The van der Waals surface area contributed by atoms with Crippen molar-refractivity contribution in [2.24, 2.45) is 0 Å². The maximum absolute atomic E-state index is 11.6. The third-order valence-electron chi connectivity index (χ3n) is 2.27. The summed E-state index contributed by atoms with van der Waals surface area (Å²) in [7, 11) is 0. The third kappa shape index (κ3) is 3.48. The van der Waals surface area contributed by atoms with Gasteiger partial charge in [-0.05, 0) is 51.6 Å². The number of carbonyl (C=O) groups is 1. The molecule has 0 radical (unpaired) electrons. The second kappa shape index (κ2) is 5.88. The summed E-state index contributed by atoms with van der Waals surface area (Å²) >= 11 is 5.01. The fourth-order valence-corrected chi connectivity index (χ4v) is 2.79. The monoisotopic (exact) mass is 325 g/mol. The molecule has 2 rings (SSSR count). The SMILES string of the molecule is Nc1ccc(NC(=O)NCc2sccc2Br)cc1. The largest absolute Gasteiger partial charge is 0.399 e. The number of amides is 2. The van der Waals surface area contributed by atoms with Gasteiger partial charge >= 0.3 is 6.03 Å². The van der Waals surface area contributed by atoms with Crippen molar-refractivity contribution in [1.29, 1.82) is 0 Å². The molecule has 18 heavy (non-hydrogen) atoms. The summed E-state index contributed by atoms with van der Waals surface area (Å²) in [6.45, 7) is 0.499. The fourth-order valence-electron chi connectivity index (χ4n) is 1.35. The van der Waals surface area contributed by atoms with Gasteiger partial charge in [0.25, 0.3) is 0 Å². The van der Waals surface area contributed by atoms with Crippen molar-refractivity contribution >= 4 is 44.7 Å². The highest BCUT2D eigenvalue weighted by atomic mass is 79.9. The van der Waals surface area contributed by atoms with Crippen LogP contribution in [0.2, 0.25) is 0 Å². The molecule has 4 nitrogen and oxygen atoms in total. The lowest BCUT2D eigenvalue weighted by Crippen LogP contribution is -2.27. The number of urea groups is 1. The number of hydrogen-bond donors (Lipinski definition) is 3. The van der Waals surface area contributed by atoms with Crippen molar-refractivity contribution in [3.05, 3.63) is 45.1 Å². The Bertz CT molecular complexity index is 539. The van der Waals surface area contributed by atoms with Crippen LogP contribution in [0.1, 0.15) is 4.88 Å². The Hall–Kier alpha value is -1.53. The normalized spacial score (nSPS) is 10.1. The standard InChI is InChI=1S/C12H12BrN3OS/c13-10-5-6-18-11(10)7-15-12(17)16-9-3-1-8(14)2-4-9/h1-6H,7,14H2,(H2,15,16,17). The van der Waals surface area contributed by atoms with Crippen molar-refractivity contribution in [3.8, 4) is 0 Å². The van der Waals surface area contributed by atoms with Crippen LogP contribution in [0.4, 0.5) is 16.2 Å². The van der Waals surface area contributed by atoms with Crippen LogP contribution in [0.15, 0.2) is 40.2 Å². The first-order chi connectivity index (χ1) is 8.65. The predicted molar refractivity (Wildman–Crippen MR) is 78.7 cm³/mol. The van der Waals surface area contributed by atoms with Crippen LogP contribution < -0.4 is 16.4 Å². The molecule has 0 atom stereocenters. The number of carbonyl (C=O) groups excluding carboxylic acids is 1. The highest BCUT2D eigenvalue weighted by Crippen LogP contribution is 2.22. The van der Waals surface area contributed by atoms with Crippen LogP contribution in [0.3, 0.4) is 0 Å². The quantitative estimate of drug-likeness (QED) is 0.757. The summed E-state index contributed by atoms with van der Waals surface area (Å²) in [4.78, 5) is 12.7. The lowest BCUT2D eigenvalue weighted by Gasteiger charge is -2.07. The summed E-state index contributed by atoms with van der Waals surface area (Å²) in [6, 6.07) is 8.72. The molecule has 0 fully saturated rings. The topological polar surface area (TPSA) is 67.1 Å². The molecule has 94 valence electrons. The van der Waals surface area contributed by atoms with Crippen LogP contribution >= 0.6 is 27.3 Å². The number of halogens is 1. The second-order valence-electron chi connectivity index (χ2n) is 3.62. The molecular weight excluding hydrogens is 314 g/mol. The maximum Gasteiger partial charge on any atom is 0.319 e. The molecule has 2 amide bonds. The van der Waals surface area contributed by atoms with Crippen molar-refractivity contribution in [3.63, 3.8) is 0 Å². The van der Waals surface area contributed by atoms with E-state index in [4.69, 9.17) is 5.73 Å². The van der Waals surface area contributed by atoms with Crippen LogP contribution in [0, 0.1) is 0 Å². The van der Waals surface area contributed by atoms with Gasteiger partial charge in [-0.15, -0.1) is 11.3 Å². The molecule has 0 aliphatic carbocycles. The molecule has 0 saturated carbocycles. The summed E-state index contributed by atoms with van der Waals surface area (Å²) in [5, 5.41) is 7.49. The Kier molecular flexibility index (Phi) is 4.22. The van der Waals surface area contributed by atoms with E-state index >= 15 is 0 Å². The Balaban J connectivity index is 1.86. The summed E-state index contributed by atoms with van der Waals surface area (Å²) in [6.07, 6.45) is 0. The number of nitrogens with two attached hydrogens (primary N) is 1. The van der Waals surface area contributed by atoms with E-state index in [2.05, 4.69) is 26.6 Å². The van der Waals surface area contributed by atoms with Gasteiger partial charge in [0.15, 0.2) is 0 Å². The van der Waals surface area contributed by atoms with E-state index in [1.807, 2.05) is 11.4 Å². The number of hydrogen-bond acceptors (Lipinski definition) is 3. The number of nitrogens with one attached hydrogen (secondary N) is 2. The first kappa shape index (κ1) is 12.9. The van der Waals surface area contributed by atoms with E-state index in [0.717, 1.165) is 9.35 Å². The molecule has 0 aliphatic rings. The van der Waals surface area contributed by atoms with Gasteiger partial charge in [0.1, 0.15) is 0 Å². The smallest absolute Gasteiger partial charge is 0.319 e. The average Bonchev–Trinajstić information content (AvgIpc) is 2.75. The van der Waals surface area contributed by atoms with Gasteiger partial charge in [-0.25, -0.2) is 4.79 Å². The lowest BCUT2D eigenvalue weighted by atomic mass is 10.3. The van der Waals surface area contributed by atoms with Crippen LogP contribution in [0.25, 0.3) is 0 Å². The highest BCUT2D eigenvalue weighted by Gasteiger charge is 2.04. The minimum Gasteiger partial charge on any atom is -0.399 e. The number of benzene rings is 1. The summed E-state index contributed by atoms with van der Waals surface area (Å²) in [5.41, 5.74) is 6.95. The van der Waals surface area contributed by atoms with Gasteiger partial charge in [0.2, 0.25) is 0 Å². The van der Waals surface area contributed by atoms with Crippen molar-refractivity contribution in [2.75, 3.05) is 11.1 Å². The van der Waals surface area contributed by atoms with Gasteiger partial charge in [-0.1, -0.05) is 0 Å². The van der Waals surface area contributed by atoms with Gasteiger partial charge in [-0.2, -0.15) is 0 Å². The molecule has 0 saturated heterocycles. The molecule has 0 bridgehead atoms. The molecule has 1 heterocycles. The molecule has 0 spiro atoms. The van der Waals surface area contributed by atoms with Crippen molar-refractivity contribution in [2.45, 2.75) is 6.54 Å². The number of nitrogen functional groups attached to an aromatic ring is 1. The Labute approximate surface area is 117 Å². The molecule has 2 aromatic rings. The van der Waals surface area contributed by atoms with E-state index in [1.54, 1.807) is 35.6 Å². The van der Waals surface area contributed by atoms with E-state index in [9.17, 15) is 4.79 Å².